The van der Waals surface area contributed by atoms with Crippen molar-refractivity contribution < 1.29 is 9.53 Å². The number of carbonyl (C=O) groups excluding carboxylic acids is 1. The average Bonchev–Trinajstić information content (AvgIpc) is 2.37. The molecule has 1 aliphatic heterocycles. The van der Waals surface area contributed by atoms with Crippen LogP contribution >= 0.6 is 0 Å². The van der Waals surface area contributed by atoms with Gasteiger partial charge in [-0.15, -0.1) is 0 Å². The maximum atomic E-state index is 11.4. The Morgan fingerprint density at radius 3 is 2.75 bits per heavy atom. The molecule has 0 N–H and O–H groups in total. The third-order valence-corrected chi connectivity index (χ3v) is 3.06. The van der Waals surface area contributed by atoms with Crippen LogP contribution in [0.3, 0.4) is 0 Å². The first-order chi connectivity index (χ1) is 5.50. The molecule has 1 aliphatic carbocycles. The van der Waals surface area contributed by atoms with Crippen LogP contribution in [0.25, 0.3) is 0 Å². The van der Waals surface area contributed by atoms with Crippen molar-refractivity contribution in [3.8, 4) is 0 Å². The minimum absolute atomic E-state index is 0.0244. The van der Waals surface area contributed by atoms with Gasteiger partial charge in [-0.2, -0.15) is 0 Å². The molecule has 2 rings (SSSR count). The van der Waals surface area contributed by atoms with Gasteiger partial charge < -0.3 is 4.74 Å². The molecule has 1 saturated heterocycles. The number of cyclic esters (lactones) is 1. The Morgan fingerprint density at radius 1 is 1.50 bits per heavy atom. The van der Waals surface area contributed by atoms with E-state index < -0.39 is 0 Å². The number of hydrogen-bond acceptors (Lipinski definition) is 2. The molecule has 1 heterocycles. The van der Waals surface area contributed by atoms with Crippen molar-refractivity contribution in [1.29, 1.82) is 0 Å². The van der Waals surface area contributed by atoms with E-state index >= 15 is 0 Å². The highest BCUT2D eigenvalue weighted by Gasteiger charge is 2.52. The van der Waals surface area contributed by atoms with E-state index in [4.69, 9.17) is 4.74 Å². The molecular weight excluding hydrogens is 152 g/mol. The van der Waals surface area contributed by atoms with Crippen LogP contribution < -0.4 is 0 Å². The van der Waals surface area contributed by atoms with Crippen LogP contribution in [0.15, 0.2) is 12.2 Å². The molecule has 66 valence electrons. The summed E-state index contributed by atoms with van der Waals surface area (Å²) in [4.78, 5) is 11.4. The summed E-state index contributed by atoms with van der Waals surface area (Å²) in [5.74, 6) is 0.452. The fourth-order valence-electron chi connectivity index (χ4n) is 2.38. The Hall–Kier alpha value is -0.790. The minimum Gasteiger partial charge on any atom is -0.459 e. The zero-order valence-corrected chi connectivity index (χ0v) is 7.59. The first kappa shape index (κ1) is 7.84. The van der Waals surface area contributed by atoms with Crippen LogP contribution in [0.1, 0.15) is 26.7 Å². The predicted octanol–water partition coefficient (Wildman–Crippen LogP) is 1.90. The van der Waals surface area contributed by atoms with Crippen molar-refractivity contribution in [2.24, 2.45) is 11.8 Å². The van der Waals surface area contributed by atoms with Gasteiger partial charge in [-0.3, -0.25) is 4.79 Å². The molecule has 1 saturated carbocycles. The Labute approximate surface area is 72.6 Å². The van der Waals surface area contributed by atoms with E-state index in [1.807, 2.05) is 13.8 Å². The van der Waals surface area contributed by atoms with Crippen molar-refractivity contribution in [1.82, 2.24) is 0 Å². The Balaban J connectivity index is 2.30. The van der Waals surface area contributed by atoms with Gasteiger partial charge in [0.2, 0.25) is 0 Å². The second kappa shape index (κ2) is 2.12. The fourth-order valence-corrected chi connectivity index (χ4v) is 2.38. The van der Waals surface area contributed by atoms with E-state index in [-0.39, 0.29) is 17.5 Å². The quantitative estimate of drug-likeness (QED) is 0.406. The van der Waals surface area contributed by atoms with Crippen LogP contribution in [0.4, 0.5) is 0 Å². The standard InChI is InChI=1S/C10H14O2/c1-6-4-7-8(5-6)10(2,3)12-9(7)11/h7-8H,1,4-5H2,2-3H3. The van der Waals surface area contributed by atoms with E-state index in [1.54, 1.807) is 0 Å². The third kappa shape index (κ3) is 0.904. The second-order valence-corrected chi connectivity index (χ2v) is 4.40. The highest BCUT2D eigenvalue weighted by molar-refractivity contribution is 5.77. The van der Waals surface area contributed by atoms with Crippen molar-refractivity contribution in [3.63, 3.8) is 0 Å². The molecule has 12 heavy (non-hydrogen) atoms. The van der Waals surface area contributed by atoms with Crippen molar-refractivity contribution in [2.75, 3.05) is 0 Å². The Morgan fingerprint density at radius 2 is 2.17 bits per heavy atom. The highest BCUT2D eigenvalue weighted by Crippen LogP contribution is 2.48. The van der Waals surface area contributed by atoms with Gasteiger partial charge in [0.05, 0.1) is 5.92 Å². The molecular formula is C10H14O2. The van der Waals surface area contributed by atoms with Gasteiger partial charge in [0.25, 0.3) is 0 Å². The van der Waals surface area contributed by atoms with Gasteiger partial charge in [-0.05, 0) is 26.7 Å². The summed E-state index contributed by atoms with van der Waals surface area (Å²) in [6.45, 7) is 7.92. The summed E-state index contributed by atoms with van der Waals surface area (Å²) >= 11 is 0. The number of ether oxygens (including phenoxy) is 1. The molecule has 0 spiro atoms. The van der Waals surface area contributed by atoms with Gasteiger partial charge in [0.1, 0.15) is 5.60 Å². The first-order valence-corrected chi connectivity index (χ1v) is 4.40. The SMILES string of the molecule is C=C1CC2C(=O)OC(C)(C)C2C1. The van der Waals surface area contributed by atoms with Crippen LogP contribution in [0.5, 0.6) is 0 Å². The highest BCUT2D eigenvalue weighted by atomic mass is 16.6. The Bertz CT molecular complexity index is 253. The molecule has 2 unspecified atom stereocenters. The minimum atomic E-state index is -0.263. The lowest BCUT2D eigenvalue weighted by Gasteiger charge is -2.23. The van der Waals surface area contributed by atoms with Crippen molar-refractivity contribution in [3.05, 3.63) is 12.2 Å². The number of esters is 1. The molecule has 2 heteroatoms. The largest absolute Gasteiger partial charge is 0.459 e. The number of hydrogen-bond donors (Lipinski definition) is 0. The first-order valence-electron chi connectivity index (χ1n) is 4.40. The van der Waals surface area contributed by atoms with E-state index in [9.17, 15) is 4.79 Å². The number of carbonyl (C=O) groups is 1. The van der Waals surface area contributed by atoms with Crippen LogP contribution in [-0.2, 0) is 9.53 Å². The van der Waals surface area contributed by atoms with Gasteiger partial charge in [-0.25, -0.2) is 0 Å². The van der Waals surface area contributed by atoms with Gasteiger partial charge >= 0.3 is 5.97 Å². The lowest BCUT2D eigenvalue weighted by Crippen LogP contribution is -2.27. The number of fused-ring (bicyclic) bond motifs is 1. The maximum Gasteiger partial charge on any atom is 0.310 e. The van der Waals surface area contributed by atoms with Crippen molar-refractivity contribution in [2.45, 2.75) is 32.3 Å². The lowest BCUT2D eigenvalue weighted by molar-refractivity contribution is -0.149. The van der Waals surface area contributed by atoms with Crippen molar-refractivity contribution >= 4 is 5.97 Å². The number of allylic oxidation sites excluding steroid dienone is 1. The summed E-state index contributed by atoms with van der Waals surface area (Å²) in [7, 11) is 0. The third-order valence-electron chi connectivity index (χ3n) is 3.06. The topological polar surface area (TPSA) is 26.3 Å². The van der Waals surface area contributed by atoms with Crippen LogP contribution in [-0.4, -0.2) is 11.6 Å². The van der Waals surface area contributed by atoms with Crippen LogP contribution in [0.2, 0.25) is 0 Å². The fraction of sp³-hybridized carbons (Fsp3) is 0.700. The van der Waals surface area contributed by atoms with E-state index in [2.05, 4.69) is 6.58 Å². The summed E-state index contributed by atoms with van der Waals surface area (Å²) in [6, 6.07) is 0. The molecule has 0 aromatic heterocycles. The van der Waals surface area contributed by atoms with Gasteiger partial charge in [0, 0.05) is 5.92 Å². The zero-order valence-electron chi connectivity index (χ0n) is 7.59. The molecule has 0 amide bonds. The number of rotatable bonds is 0. The van der Waals surface area contributed by atoms with E-state index in [0.717, 1.165) is 12.8 Å². The predicted molar refractivity (Wildman–Crippen MR) is 45.5 cm³/mol. The normalized spacial score (nSPS) is 38.2. The average molecular weight is 166 g/mol. The van der Waals surface area contributed by atoms with Gasteiger partial charge in [-0.1, -0.05) is 12.2 Å². The zero-order chi connectivity index (χ0) is 8.93. The van der Waals surface area contributed by atoms with E-state index in [0.29, 0.717) is 5.92 Å². The monoisotopic (exact) mass is 166 g/mol. The summed E-state index contributed by atoms with van der Waals surface area (Å²) in [5.41, 5.74) is 0.941. The Kier molecular flexibility index (Phi) is 1.39. The summed E-state index contributed by atoms with van der Waals surface area (Å²) in [6.07, 6.45) is 1.80. The summed E-state index contributed by atoms with van der Waals surface area (Å²) < 4.78 is 5.28. The van der Waals surface area contributed by atoms with Crippen LogP contribution in [0, 0.1) is 11.8 Å². The summed E-state index contributed by atoms with van der Waals surface area (Å²) in [5, 5.41) is 0. The molecule has 2 nitrogen and oxygen atoms in total. The second-order valence-electron chi connectivity index (χ2n) is 4.40. The molecule has 2 aliphatic rings. The molecule has 0 aromatic carbocycles. The molecule has 0 bridgehead atoms. The molecule has 0 radical (unpaired) electrons. The maximum absolute atomic E-state index is 11.4. The molecule has 0 aromatic rings. The smallest absolute Gasteiger partial charge is 0.310 e. The lowest BCUT2D eigenvalue weighted by atomic mass is 9.86. The molecule has 2 atom stereocenters. The molecule has 2 fully saturated rings. The van der Waals surface area contributed by atoms with Gasteiger partial charge in [0.15, 0.2) is 0 Å². The van der Waals surface area contributed by atoms with E-state index in [1.165, 1.54) is 5.57 Å².